The fourth-order valence-electron chi connectivity index (χ4n) is 2.35. The number of nitrogens with two attached hydrogens (primary N) is 1. The van der Waals surface area contributed by atoms with Crippen LogP contribution in [0.25, 0.3) is 0 Å². The van der Waals surface area contributed by atoms with E-state index in [-0.39, 0.29) is 5.69 Å². The van der Waals surface area contributed by atoms with E-state index < -0.39 is 10.9 Å². The van der Waals surface area contributed by atoms with Crippen molar-refractivity contribution in [2.24, 2.45) is 0 Å². The number of anilines is 3. The van der Waals surface area contributed by atoms with Gasteiger partial charge in [-0.2, -0.15) is 0 Å². The van der Waals surface area contributed by atoms with Crippen molar-refractivity contribution in [3.63, 3.8) is 0 Å². The minimum absolute atomic E-state index is 0.0549. The average molecular weight is 288 g/mol. The first-order valence-electron chi connectivity index (χ1n) is 7.04. The Kier molecular flexibility index (Phi) is 4.75. The lowest BCUT2D eigenvalue weighted by Gasteiger charge is -2.27. The largest absolute Gasteiger partial charge is 0.394 e. The number of ether oxygens (including phenoxy) is 1. The van der Waals surface area contributed by atoms with Crippen LogP contribution in [0.3, 0.4) is 0 Å². The lowest BCUT2D eigenvalue weighted by Crippen LogP contribution is -2.41. The Morgan fingerprint density at radius 1 is 1.24 bits per heavy atom. The van der Waals surface area contributed by atoms with Crippen LogP contribution in [-0.4, -0.2) is 20.3 Å². The molecular weight excluding hydrogens is 268 g/mol. The highest BCUT2D eigenvalue weighted by molar-refractivity contribution is 5.78. The lowest BCUT2D eigenvalue weighted by molar-refractivity contribution is 0.196. The van der Waals surface area contributed by atoms with Gasteiger partial charge < -0.3 is 15.4 Å². The maximum atomic E-state index is 11.8. The Labute approximate surface area is 123 Å². The van der Waals surface area contributed by atoms with Crippen LogP contribution in [0.1, 0.15) is 18.9 Å². The molecule has 112 valence electrons. The normalized spacial score (nSPS) is 11.0. The van der Waals surface area contributed by atoms with Crippen LogP contribution >= 0.6 is 0 Å². The molecular formula is C16H20N2O3. The van der Waals surface area contributed by atoms with E-state index in [1.165, 1.54) is 5.56 Å². The van der Waals surface area contributed by atoms with Crippen molar-refractivity contribution >= 4 is 17.1 Å². The number of rotatable bonds is 7. The fraction of sp³-hybridized carbons (Fsp3) is 0.375. The van der Waals surface area contributed by atoms with Gasteiger partial charge in [-0.25, -0.2) is 0 Å². The van der Waals surface area contributed by atoms with E-state index >= 15 is 0 Å². The van der Waals surface area contributed by atoms with Gasteiger partial charge in [-0.15, -0.1) is 0 Å². The van der Waals surface area contributed by atoms with Gasteiger partial charge in [-0.1, -0.05) is 19.1 Å². The van der Waals surface area contributed by atoms with Gasteiger partial charge in [-0.05, 0) is 30.5 Å². The third-order valence-electron chi connectivity index (χ3n) is 3.55. The van der Waals surface area contributed by atoms with E-state index in [9.17, 15) is 9.59 Å². The van der Waals surface area contributed by atoms with Crippen molar-refractivity contribution in [1.82, 2.24) is 0 Å². The third-order valence-corrected chi connectivity index (χ3v) is 3.55. The molecule has 0 aliphatic heterocycles. The zero-order valence-electron chi connectivity index (χ0n) is 12.4. The molecule has 0 saturated heterocycles. The van der Waals surface area contributed by atoms with Crippen LogP contribution in [-0.2, 0) is 11.2 Å². The van der Waals surface area contributed by atoms with Gasteiger partial charge in [-0.3, -0.25) is 9.59 Å². The lowest BCUT2D eigenvalue weighted by atomic mass is 10.1. The number of methoxy groups -OCH3 is 1. The van der Waals surface area contributed by atoms with Crippen molar-refractivity contribution in [2.75, 3.05) is 30.9 Å². The van der Waals surface area contributed by atoms with Crippen molar-refractivity contribution in [3.8, 4) is 0 Å². The van der Waals surface area contributed by atoms with E-state index in [1.54, 1.807) is 7.11 Å². The Hall–Kier alpha value is -2.14. The molecule has 0 aliphatic carbocycles. The van der Waals surface area contributed by atoms with Gasteiger partial charge in [0.2, 0.25) is 0 Å². The molecule has 0 unspecified atom stereocenters. The number of benzene rings is 1. The molecule has 2 aromatic rings. The predicted octanol–water partition coefficient (Wildman–Crippen LogP) is 1.60. The number of nitrogens with zero attached hydrogens (tertiary/aromatic N) is 1. The average Bonchev–Trinajstić information content (AvgIpc) is 2.53. The van der Waals surface area contributed by atoms with E-state index in [4.69, 9.17) is 10.5 Å². The molecule has 0 amide bonds. The van der Waals surface area contributed by atoms with E-state index in [1.807, 2.05) is 29.2 Å². The summed E-state index contributed by atoms with van der Waals surface area (Å²) in [6.07, 6.45) is 1.65. The van der Waals surface area contributed by atoms with Crippen LogP contribution in [0.4, 0.5) is 17.1 Å². The molecule has 2 aromatic carbocycles. The number of nitrogen functional groups attached to an aromatic ring is 1. The van der Waals surface area contributed by atoms with Gasteiger partial charge in [0.05, 0.1) is 0 Å². The summed E-state index contributed by atoms with van der Waals surface area (Å²) >= 11 is 0. The molecule has 0 atom stereocenters. The molecule has 5 nitrogen and oxygen atoms in total. The van der Waals surface area contributed by atoms with Crippen LogP contribution in [0.2, 0.25) is 0 Å². The van der Waals surface area contributed by atoms with Crippen molar-refractivity contribution in [2.45, 2.75) is 19.8 Å². The second kappa shape index (κ2) is 6.54. The maximum Gasteiger partial charge on any atom is 0.253 e. The molecule has 2 N–H and O–H groups in total. The molecule has 5 heteroatoms. The summed E-state index contributed by atoms with van der Waals surface area (Å²) in [4.78, 5) is 25.0. The fourth-order valence-corrected chi connectivity index (χ4v) is 2.35. The van der Waals surface area contributed by atoms with Gasteiger partial charge >= 0.3 is 0 Å². The summed E-state index contributed by atoms with van der Waals surface area (Å²) in [6.45, 7) is 3.23. The summed E-state index contributed by atoms with van der Waals surface area (Å²) in [5, 5.41) is 0. The minimum Gasteiger partial charge on any atom is -0.394 e. The van der Waals surface area contributed by atoms with Crippen molar-refractivity contribution in [1.29, 1.82) is 0 Å². The molecule has 0 saturated carbocycles. The summed E-state index contributed by atoms with van der Waals surface area (Å²) < 4.78 is 5.05. The summed E-state index contributed by atoms with van der Waals surface area (Å²) in [7, 11) is 1.63. The van der Waals surface area contributed by atoms with E-state index in [0.717, 1.165) is 18.5 Å². The molecule has 0 spiro atoms. The summed E-state index contributed by atoms with van der Waals surface area (Å²) in [6, 6.07) is 7.91. The molecule has 0 bridgehead atoms. The number of hydrogen-bond acceptors (Lipinski definition) is 5. The number of hydrogen-bond donors (Lipinski definition) is 1. The summed E-state index contributed by atoms with van der Waals surface area (Å²) in [5.41, 5.74) is 7.02. The van der Waals surface area contributed by atoms with Crippen molar-refractivity contribution in [3.05, 3.63) is 50.3 Å². The van der Waals surface area contributed by atoms with Gasteiger partial charge in [0.15, 0.2) is 0 Å². The first-order chi connectivity index (χ1) is 10.1. The van der Waals surface area contributed by atoms with Crippen LogP contribution < -0.4 is 21.5 Å². The molecule has 0 heterocycles. The Morgan fingerprint density at radius 2 is 2.00 bits per heavy atom. The Balaban J connectivity index is 2.36. The van der Waals surface area contributed by atoms with Gasteiger partial charge in [0.1, 0.15) is 11.4 Å². The Morgan fingerprint density at radius 3 is 2.62 bits per heavy atom. The molecule has 2 rings (SSSR count). The quantitative estimate of drug-likeness (QED) is 0.619. The smallest absolute Gasteiger partial charge is 0.253 e. The molecule has 0 aromatic heterocycles. The SMILES string of the molecule is CCc1cccc(N(CCCOC)c2c(N)c(=O)c2=O)c1. The first kappa shape index (κ1) is 15.3. The topological polar surface area (TPSA) is 72.6 Å². The van der Waals surface area contributed by atoms with Crippen LogP contribution in [0, 0.1) is 0 Å². The zero-order valence-corrected chi connectivity index (χ0v) is 12.4. The number of aryl methyl sites for hydroxylation is 1. The maximum absolute atomic E-state index is 11.8. The highest BCUT2D eigenvalue weighted by Gasteiger charge is 2.24. The monoisotopic (exact) mass is 288 g/mol. The van der Waals surface area contributed by atoms with E-state index in [2.05, 4.69) is 6.92 Å². The highest BCUT2D eigenvalue weighted by atomic mass is 16.5. The van der Waals surface area contributed by atoms with Crippen molar-refractivity contribution < 1.29 is 4.74 Å². The van der Waals surface area contributed by atoms with Crippen LogP contribution in [0.5, 0.6) is 0 Å². The Bertz CT molecular complexity index is 687. The second-order valence-corrected chi connectivity index (χ2v) is 4.94. The predicted molar refractivity (Wildman–Crippen MR) is 85.1 cm³/mol. The first-order valence-corrected chi connectivity index (χ1v) is 7.04. The molecule has 0 radical (unpaired) electrons. The molecule has 0 aliphatic rings. The highest BCUT2D eigenvalue weighted by Crippen LogP contribution is 2.27. The molecule has 21 heavy (non-hydrogen) atoms. The third kappa shape index (κ3) is 2.97. The van der Waals surface area contributed by atoms with E-state index in [0.29, 0.717) is 18.8 Å². The second-order valence-electron chi connectivity index (χ2n) is 4.94. The van der Waals surface area contributed by atoms with Crippen LogP contribution in [0.15, 0.2) is 33.9 Å². The standard InChI is InChI=1S/C16H20N2O3/c1-3-11-6-4-7-12(10-11)18(8-5-9-21-2)14-13(17)15(19)16(14)20/h4,6-7,10H,3,5,8-9,17H2,1-2H3. The minimum atomic E-state index is -0.589. The zero-order chi connectivity index (χ0) is 15.4. The molecule has 0 fully saturated rings. The van der Waals surface area contributed by atoms with Gasteiger partial charge in [0, 0.05) is 25.9 Å². The van der Waals surface area contributed by atoms with Gasteiger partial charge in [0.25, 0.3) is 10.9 Å². The summed E-state index contributed by atoms with van der Waals surface area (Å²) in [5.74, 6) is 0.